The maximum absolute atomic E-state index is 5.90. The summed E-state index contributed by atoms with van der Waals surface area (Å²) in [4.78, 5) is 0. The van der Waals surface area contributed by atoms with Crippen molar-refractivity contribution < 1.29 is 4.74 Å². The molecule has 0 aromatic heterocycles. The number of hydrogen-bond acceptors (Lipinski definition) is 2. The molecule has 2 atom stereocenters. The molecule has 2 nitrogen and oxygen atoms in total. The van der Waals surface area contributed by atoms with Crippen molar-refractivity contribution in [2.45, 2.75) is 26.1 Å². The van der Waals surface area contributed by atoms with Gasteiger partial charge in [-0.2, -0.15) is 0 Å². The summed E-state index contributed by atoms with van der Waals surface area (Å²) in [6, 6.07) is 13.0. The van der Waals surface area contributed by atoms with Crippen molar-refractivity contribution in [2.75, 3.05) is 0 Å². The van der Waals surface area contributed by atoms with Gasteiger partial charge in [0.25, 0.3) is 0 Å². The molecule has 0 saturated carbocycles. The monoisotopic (exact) mass is 213 g/mol. The topological polar surface area (TPSA) is 21.3 Å². The zero-order chi connectivity index (χ0) is 11.1. The van der Waals surface area contributed by atoms with Crippen molar-refractivity contribution in [3.63, 3.8) is 0 Å². The van der Waals surface area contributed by atoms with Crippen LogP contribution in [-0.4, -0.2) is 6.23 Å². The molecule has 82 valence electrons. The van der Waals surface area contributed by atoms with E-state index in [2.05, 4.69) is 48.6 Å². The lowest BCUT2D eigenvalue weighted by Crippen LogP contribution is -2.38. The Kier molecular flexibility index (Phi) is 2.11. The van der Waals surface area contributed by atoms with Gasteiger partial charge in [0.1, 0.15) is 12.0 Å². The maximum atomic E-state index is 5.90. The van der Waals surface area contributed by atoms with Crippen LogP contribution in [0, 0.1) is 0 Å². The lowest BCUT2D eigenvalue weighted by molar-refractivity contribution is 0.147. The second kappa shape index (κ2) is 3.49. The average molecular weight is 213 g/mol. The van der Waals surface area contributed by atoms with Gasteiger partial charge in [-0.3, -0.25) is 5.32 Å². The highest BCUT2D eigenvalue weighted by Gasteiger charge is 2.22. The summed E-state index contributed by atoms with van der Waals surface area (Å²) in [6.45, 7) is 4.22. The second-order valence-corrected chi connectivity index (χ2v) is 4.35. The van der Waals surface area contributed by atoms with E-state index in [0.29, 0.717) is 6.04 Å². The Bertz CT molecular complexity index is 535. The van der Waals surface area contributed by atoms with Crippen molar-refractivity contribution >= 4 is 10.8 Å². The fraction of sp³-hybridized carbons (Fsp3) is 0.286. The van der Waals surface area contributed by atoms with E-state index in [1.54, 1.807) is 0 Å². The Morgan fingerprint density at radius 3 is 2.75 bits per heavy atom. The minimum Gasteiger partial charge on any atom is -0.475 e. The smallest absolute Gasteiger partial charge is 0.147 e. The van der Waals surface area contributed by atoms with Gasteiger partial charge in [-0.05, 0) is 19.2 Å². The summed E-state index contributed by atoms with van der Waals surface area (Å²) in [7, 11) is 0. The van der Waals surface area contributed by atoms with Gasteiger partial charge in [-0.15, -0.1) is 0 Å². The van der Waals surface area contributed by atoms with Crippen LogP contribution in [0.5, 0.6) is 5.75 Å². The van der Waals surface area contributed by atoms with Gasteiger partial charge in [0, 0.05) is 17.0 Å². The Labute approximate surface area is 95.2 Å². The predicted molar refractivity (Wildman–Crippen MR) is 65.6 cm³/mol. The summed E-state index contributed by atoms with van der Waals surface area (Å²) >= 11 is 0. The summed E-state index contributed by atoms with van der Waals surface area (Å²) in [5.74, 6) is 1.04. The molecule has 0 bridgehead atoms. The third kappa shape index (κ3) is 1.38. The Hall–Kier alpha value is -1.54. The molecule has 0 saturated heterocycles. The highest BCUT2D eigenvalue weighted by molar-refractivity contribution is 5.89. The van der Waals surface area contributed by atoms with E-state index in [1.165, 1.54) is 16.3 Å². The van der Waals surface area contributed by atoms with Gasteiger partial charge in [0.05, 0.1) is 0 Å². The first-order valence-electron chi connectivity index (χ1n) is 5.70. The molecule has 2 aromatic rings. The molecule has 1 N–H and O–H groups in total. The lowest BCUT2D eigenvalue weighted by atomic mass is 9.99. The molecule has 0 amide bonds. The van der Waals surface area contributed by atoms with E-state index in [1.807, 2.05) is 6.92 Å². The minimum atomic E-state index is 0.0771. The molecule has 1 aliphatic rings. The number of nitrogens with one attached hydrogen (secondary N) is 1. The first-order chi connectivity index (χ1) is 7.75. The molecule has 0 unspecified atom stereocenters. The standard InChI is InChI=1S/C14H15NO/c1-9-12-8-7-11-5-3-4-6-13(11)14(12)16-10(2)15-9/h3-10,15H,1-2H3/t9-,10-/m1/s1. The van der Waals surface area contributed by atoms with Gasteiger partial charge < -0.3 is 4.74 Å². The molecule has 0 fully saturated rings. The van der Waals surface area contributed by atoms with Gasteiger partial charge in [0.15, 0.2) is 0 Å². The van der Waals surface area contributed by atoms with Crippen LogP contribution in [0.3, 0.4) is 0 Å². The van der Waals surface area contributed by atoms with E-state index in [4.69, 9.17) is 4.74 Å². The van der Waals surface area contributed by atoms with E-state index in [0.717, 1.165) is 5.75 Å². The van der Waals surface area contributed by atoms with Crippen molar-refractivity contribution in [1.29, 1.82) is 0 Å². The predicted octanol–water partition coefficient (Wildman–Crippen LogP) is 3.23. The van der Waals surface area contributed by atoms with Crippen molar-refractivity contribution in [2.24, 2.45) is 0 Å². The number of hydrogen-bond donors (Lipinski definition) is 1. The summed E-state index contributed by atoms with van der Waals surface area (Å²) in [5.41, 5.74) is 1.25. The molecule has 1 heterocycles. The van der Waals surface area contributed by atoms with Crippen molar-refractivity contribution in [3.8, 4) is 5.75 Å². The largest absolute Gasteiger partial charge is 0.475 e. The number of rotatable bonds is 0. The maximum Gasteiger partial charge on any atom is 0.147 e. The Balaban J connectivity index is 2.29. The average Bonchev–Trinajstić information content (AvgIpc) is 2.28. The van der Waals surface area contributed by atoms with Crippen LogP contribution in [-0.2, 0) is 0 Å². The minimum absolute atomic E-state index is 0.0771. The normalized spacial score (nSPS) is 23.9. The first-order valence-corrected chi connectivity index (χ1v) is 5.70. The fourth-order valence-corrected chi connectivity index (χ4v) is 2.39. The van der Waals surface area contributed by atoms with E-state index < -0.39 is 0 Å². The van der Waals surface area contributed by atoms with Gasteiger partial charge >= 0.3 is 0 Å². The van der Waals surface area contributed by atoms with Crippen LogP contribution in [0.15, 0.2) is 36.4 Å². The van der Waals surface area contributed by atoms with E-state index in [9.17, 15) is 0 Å². The van der Waals surface area contributed by atoms with Crippen LogP contribution in [0.4, 0.5) is 0 Å². The molecule has 2 aromatic carbocycles. The van der Waals surface area contributed by atoms with Crippen LogP contribution in [0.25, 0.3) is 10.8 Å². The third-order valence-corrected chi connectivity index (χ3v) is 3.16. The van der Waals surface area contributed by atoms with Crippen molar-refractivity contribution in [3.05, 3.63) is 42.0 Å². The molecule has 1 aliphatic heterocycles. The highest BCUT2D eigenvalue weighted by atomic mass is 16.5. The summed E-state index contributed by atoms with van der Waals surface area (Å²) in [5, 5.41) is 5.82. The zero-order valence-electron chi connectivity index (χ0n) is 9.53. The SMILES string of the molecule is C[C@@H]1N[C@H](C)c2ccc3ccccc3c2O1. The number of ether oxygens (including phenoxy) is 1. The van der Waals surface area contributed by atoms with Crippen molar-refractivity contribution in [1.82, 2.24) is 5.32 Å². The molecular formula is C14H15NO. The van der Waals surface area contributed by atoms with Gasteiger partial charge in [-0.1, -0.05) is 36.4 Å². The summed E-state index contributed by atoms with van der Waals surface area (Å²) < 4.78 is 5.90. The molecular weight excluding hydrogens is 198 g/mol. The van der Waals surface area contributed by atoms with Crippen LogP contribution < -0.4 is 10.1 Å². The third-order valence-electron chi connectivity index (χ3n) is 3.16. The zero-order valence-corrected chi connectivity index (χ0v) is 9.53. The molecule has 0 aliphatic carbocycles. The lowest BCUT2D eigenvalue weighted by Gasteiger charge is -2.30. The first kappa shape index (κ1) is 9.67. The molecule has 2 heteroatoms. The molecule has 3 rings (SSSR count). The second-order valence-electron chi connectivity index (χ2n) is 4.35. The Morgan fingerprint density at radius 2 is 1.88 bits per heavy atom. The fourth-order valence-electron chi connectivity index (χ4n) is 2.39. The summed E-state index contributed by atoms with van der Waals surface area (Å²) in [6.07, 6.45) is 0.0771. The van der Waals surface area contributed by atoms with Crippen LogP contribution >= 0.6 is 0 Å². The van der Waals surface area contributed by atoms with Gasteiger partial charge in [0.2, 0.25) is 0 Å². The number of benzene rings is 2. The molecule has 0 radical (unpaired) electrons. The van der Waals surface area contributed by atoms with Crippen LogP contribution in [0.1, 0.15) is 25.5 Å². The molecule has 0 spiro atoms. The van der Waals surface area contributed by atoms with E-state index >= 15 is 0 Å². The highest BCUT2D eigenvalue weighted by Crippen LogP contribution is 2.36. The Morgan fingerprint density at radius 1 is 1.06 bits per heavy atom. The quantitative estimate of drug-likeness (QED) is 0.725. The molecule has 16 heavy (non-hydrogen) atoms. The van der Waals surface area contributed by atoms with Crippen LogP contribution in [0.2, 0.25) is 0 Å². The number of fused-ring (bicyclic) bond motifs is 3. The van der Waals surface area contributed by atoms with E-state index in [-0.39, 0.29) is 6.23 Å². The van der Waals surface area contributed by atoms with Gasteiger partial charge in [-0.25, -0.2) is 0 Å².